The first kappa shape index (κ1) is 31.9. The van der Waals surface area contributed by atoms with E-state index in [4.69, 9.17) is 9.39 Å². The van der Waals surface area contributed by atoms with Gasteiger partial charge in [0.15, 0.2) is 17.7 Å². The van der Waals surface area contributed by atoms with E-state index in [1.54, 1.807) is 6.07 Å². The smallest absolute Gasteiger partial charge is 0.478 e. The lowest BCUT2D eigenvalue weighted by Gasteiger charge is -2.63. The van der Waals surface area contributed by atoms with Crippen molar-refractivity contribution in [3.05, 3.63) is 23.5 Å². The highest BCUT2D eigenvalue weighted by Crippen LogP contribution is 2.69. The van der Waals surface area contributed by atoms with Gasteiger partial charge < -0.3 is 29.9 Å². The highest BCUT2D eigenvalue weighted by atomic mass is 19.1. The SMILES string of the molecule is CCNC(=O)CC[C@]1(C)C[C@@H](C(Oc2ccc3c(c2F)B(O)OC3)C(=O)O)[C@@]2(C)[C@H](C)CC[C@]3(CCC(=O)[C@H]32)[C@@H](C)[C@@H]1O. The molecular formula is C32H45BFNO8. The maximum absolute atomic E-state index is 15.7. The molecule has 5 rings (SSSR count). The van der Waals surface area contributed by atoms with Crippen molar-refractivity contribution >= 4 is 30.2 Å². The molecule has 0 saturated heterocycles. The van der Waals surface area contributed by atoms with Gasteiger partial charge in [-0.3, -0.25) is 9.59 Å². The van der Waals surface area contributed by atoms with Gasteiger partial charge in [0.1, 0.15) is 5.78 Å². The number of amides is 1. The second-order valence-corrected chi connectivity index (χ2v) is 14.1. The number of carboxylic acids is 1. The average molecular weight is 602 g/mol. The molecule has 9 atom stereocenters. The Labute approximate surface area is 253 Å². The molecule has 1 amide bonds. The zero-order chi connectivity index (χ0) is 31.5. The Kier molecular flexibility index (Phi) is 8.50. The largest absolute Gasteiger partial charge is 0.494 e. The van der Waals surface area contributed by atoms with Gasteiger partial charge in [0.05, 0.1) is 12.7 Å². The monoisotopic (exact) mass is 601 g/mol. The summed E-state index contributed by atoms with van der Waals surface area (Å²) in [4.78, 5) is 39.6. The van der Waals surface area contributed by atoms with Crippen molar-refractivity contribution < 1.29 is 43.4 Å². The third-order valence-electron chi connectivity index (χ3n) is 12.1. The fourth-order valence-electron chi connectivity index (χ4n) is 9.50. The summed E-state index contributed by atoms with van der Waals surface area (Å²) < 4.78 is 27.0. The molecule has 1 aromatic rings. The van der Waals surface area contributed by atoms with Gasteiger partial charge in [0.2, 0.25) is 5.91 Å². The van der Waals surface area contributed by atoms with E-state index in [-0.39, 0.29) is 54.2 Å². The van der Waals surface area contributed by atoms with Crippen LogP contribution in [-0.4, -0.2) is 58.8 Å². The van der Waals surface area contributed by atoms with Gasteiger partial charge in [0.25, 0.3) is 0 Å². The molecule has 1 aliphatic heterocycles. The number of fused-ring (bicyclic) bond motifs is 1. The number of ketones is 1. The second kappa shape index (κ2) is 11.5. The number of Topliss-reactive ketones (excluding diaryl/α,β-unsaturated/α-hetero) is 1. The fraction of sp³-hybridized carbons (Fsp3) is 0.719. The van der Waals surface area contributed by atoms with Gasteiger partial charge in [-0.25, -0.2) is 9.18 Å². The van der Waals surface area contributed by atoms with Crippen LogP contribution >= 0.6 is 0 Å². The summed E-state index contributed by atoms with van der Waals surface area (Å²) >= 11 is 0. The fourth-order valence-corrected chi connectivity index (χ4v) is 9.50. The number of carbonyl (C=O) groups excluding carboxylic acids is 2. The molecule has 9 nitrogen and oxygen atoms in total. The third kappa shape index (κ3) is 4.99. The van der Waals surface area contributed by atoms with Crippen LogP contribution in [0.1, 0.15) is 85.1 Å². The van der Waals surface area contributed by atoms with E-state index >= 15 is 4.39 Å². The zero-order valence-electron chi connectivity index (χ0n) is 25.8. The van der Waals surface area contributed by atoms with E-state index in [2.05, 4.69) is 12.2 Å². The van der Waals surface area contributed by atoms with Crippen molar-refractivity contribution in [2.45, 2.75) is 98.4 Å². The minimum absolute atomic E-state index is 0.0280. The molecule has 43 heavy (non-hydrogen) atoms. The number of nitrogens with one attached hydrogen (secondary N) is 1. The molecular weight excluding hydrogens is 556 g/mol. The molecule has 4 aliphatic rings. The Morgan fingerprint density at radius 1 is 1.26 bits per heavy atom. The van der Waals surface area contributed by atoms with Crippen LogP contribution in [0.2, 0.25) is 0 Å². The van der Waals surface area contributed by atoms with Crippen molar-refractivity contribution in [2.75, 3.05) is 6.54 Å². The normalized spacial score (nSPS) is 37.6. The number of benzene rings is 1. The summed E-state index contributed by atoms with van der Waals surface area (Å²) in [6.07, 6.45) is 0.631. The van der Waals surface area contributed by atoms with Crippen molar-refractivity contribution in [1.82, 2.24) is 5.32 Å². The molecule has 4 N–H and O–H groups in total. The quantitative estimate of drug-likeness (QED) is 0.333. The molecule has 1 heterocycles. The first-order chi connectivity index (χ1) is 20.2. The first-order valence-electron chi connectivity index (χ1n) is 15.7. The minimum Gasteiger partial charge on any atom is -0.478 e. The Bertz CT molecular complexity index is 1290. The molecule has 2 bridgehead atoms. The maximum Gasteiger partial charge on any atom is 0.494 e. The maximum atomic E-state index is 15.7. The number of carbonyl (C=O) groups is 3. The summed E-state index contributed by atoms with van der Waals surface area (Å²) in [5.74, 6) is -4.16. The standard InChI is InChI=1S/C32H45BFNO8/c1-6-35-23(37)11-12-30(4)15-20(26(29(39)40)43-22-8-7-19-16-42-33(41)24(19)25(22)34)31(5)17(2)9-13-32(18(3)28(30)38)14-10-21(36)27(31)32/h7-8,17-18,20,26-28,38,41H,6,9-16H2,1-5H3,(H,35,37)(H,39,40)/t17-,18+,20+,26?,27+,28+,30-,31-,32+/m1/s1. The van der Waals surface area contributed by atoms with Gasteiger partial charge in [-0.15, -0.1) is 0 Å². The number of ether oxygens (including phenoxy) is 1. The summed E-state index contributed by atoms with van der Waals surface area (Å²) in [6, 6.07) is 2.91. The molecule has 0 aromatic heterocycles. The number of aliphatic hydroxyl groups is 1. The molecule has 3 fully saturated rings. The summed E-state index contributed by atoms with van der Waals surface area (Å²) in [6.45, 7) is 10.3. The zero-order valence-corrected chi connectivity index (χ0v) is 25.8. The lowest BCUT2D eigenvalue weighted by Crippen LogP contribution is -2.64. The lowest BCUT2D eigenvalue weighted by molar-refractivity contribution is -0.200. The highest BCUT2D eigenvalue weighted by Gasteiger charge is 2.69. The molecule has 0 radical (unpaired) electrons. The predicted molar refractivity (Wildman–Crippen MR) is 157 cm³/mol. The Morgan fingerprint density at radius 2 is 1.98 bits per heavy atom. The number of hydrogen-bond donors (Lipinski definition) is 4. The van der Waals surface area contributed by atoms with Gasteiger partial charge >= 0.3 is 13.1 Å². The van der Waals surface area contributed by atoms with Crippen molar-refractivity contribution in [3.63, 3.8) is 0 Å². The highest BCUT2D eigenvalue weighted by molar-refractivity contribution is 6.61. The van der Waals surface area contributed by atoms with Crippen LogP contribution in [0.25, 0.3) is 0 Å². The van der Waals surface area contributed by atoms with Gasteiger partial charge in [-0.05, 0) is 78.7 Å². The van der Waals surface area contributed by atoms with E-state index in [1.807, 2.05) is 27.7 Å². The van der Waals surface area contributed by atoms with Crippen molar-refractivity contribution in [3.8, 4) is 5.75 Å². The van der Waals surface area contributed by atoms with Gasteiger partial charge in [-0.1, -0.05) is 33.8 Å². The number of aliphatic hydroxyl groups excluding tert-OH is 1. The molecule has 1 unspecified atom stereocenters. The number of halogens is 1. The Morgan fingerprint density at radius 3 is 2.65 bits per heavy atom. The van der Waals surface area contributed by atoms with Crippen LogP contribution in [0.3, 0.4) is 0 Å². The molecule has 11 heteroatoms. The summed E-state index contributed by atoms with van der Waals surface area (Å²) in [7, 11) is -1.48. The van der Waals surface area contributed by atoms with Crippen molar-refractivity contribution in [1.29, 1.82) is 0 Å². The number of rotatable bonds is 8. The Hall–Kier alpha value is -2.50. The first-order valence-corrected chi connectivity index (χ1v) is 15.7. The predicted octanol–water partition coefficient (Wildman–Crippen LogP) is 3.22. The number of carboxylic acid groups (broad SMARTS) is 1. The van der Waals surface area contributed by atoms with Crippen LogP contribution in [0.15, 0.2) is 12.1 Å². The lowest BCUT2D eigenvalue weighted by atomic mass is 9.41. The number of aliphatic carboxylic acids is 1. The van der Waals surface area contributed by atoms with Crippen LogP contribution in [0.4, 0.5) is 4.39 Å². The van der Waals surface area contributed by atoms with E-state index in [0.29, 0.717) is 31.4 Å². The summed E-state index contributed by atoms with van der Waals surface area (Å²) in [5.41, 5.74) is -1.87. The van der Waals surface area contributed by atoms with E-state index in [9.17, 15) is 29.6 Å². The topological polar surface area (TPSA) is 142 Å². The van der Waals surface area contributed by atoms with Crippen LogP contribution < -0.4 is 15.5 Å². The van der Waals surface area contributed by atoms with E-state index < -0.39 is 59.2 Å². The minimum atomic E-state index is -1.56. The van der Waals surface area contributed by atoms with E-state index in [1.165, 1.54) is 6.07 Å². The van der Waals surface area contributed by atoms with Crippen molar-refractivity contribution in [2.24, 2.45) is 39.9 Å². The molecule has 1 aromatic carbocycles. The summed E-state index contributed by atoms with van der Waals surface area (Å²) in [5, 5.41) is 35.9. The molecule has 3 saturated carbocycles. The molecule has 0 spiro atoms. The van der Waals surface area contributed by atoms with Crippen LogP contribution in [-0.2, 0) is 25.6 Å². The average Bonchev–Trinajstić information content (AvgIpc) is 3.52. The second-order valence-electron chi connectivity index (χ2n) is 14.1. The third-order valence-corrected chi connectivity index (χ3v) is 12.1. The molecule has 3 aliphatic carbocycles. The Balaban J connectivity index is 1.64. The van der Waals surface area contributed by atoms with Crippen LogP contribution in [0.5, 0.6) is 5.75 Å². The molecule has 236 valence electrons. The number of hydrogen-bond acceptors (Lipinski definition) is 7. The van der Waals surface area contributed by atoms with E-state index in [0.717, 1.165) is 12.8 Å². The van der Waals surface area contributed by atoms with Crippen LogP contribution in [0, 0.1) is 45.7 Å². The van der Waals surface area contributed by atoms with Gasteiger partial charge in [0, 0.05) is 36.7 Å². The van der Waals surface area contributed by atoms with Gasteiger partial charge in [-0.2, -0.15) is 0 Å².